The molecule has 1 aromatic rings. The number of halogens is 2. The van der Waals surface area contributed by atoms with Gasteiger partial charge in [-0.25, -0.2) is 4.39 Å². The first-order chi connectivity index (χ1) is 8.65. The Kier molecular flexibility index (Phi) is 4.11. The zero-order valence-electron chi connectivity index (χ0n) is 10.9. The Bertz CT molecular complexity index is 482. The minimum Gasteiger partial charge on any atom is -0.338 e. The Morgan fingerprint density at radius 2 is 1.95 bits per heavy atom. The first kappa shape index (κ1) is 14.3. The number of benzene rings is 1. The molecule has 1 N–H and O–H groups in total. The number of nitrogens with one attached hydrogen (secondary N) is 1. The molecule has 2 fully saturated rings. The Labute approximate surface area is 118 Å². The third-order valence-electron chi connectivity index (χ3n) is 4.08. The highest BCUT2D eigenvalue weighted by molar-refractivity contribution is 5.94. The highest BCUT2D eigenvalue weighted by Gasteiger charge is 2.38. The van der Waals surface area contributed by atoms with E-state index in [4.69, 9.17) is 0 Å². The molecule has 0 aromatic heterocycles. The smallest absolute Gasteiger partial charge is 0.253 e. The standard InChI is InChI=1S/C14H17FN2O.ClH/c1-9-4-10(2-3-13(9)15)14(18)17-7-11-5-16-6-12(11)8-17;/h2-4,11-12,16H,5-8H2,1H3;1H/t11-,12+;. The fraction of sp³-hybridized carbons (Fsp3) is 0.500. The number of rotatable bonds is 1. The fourth-order valence-electron chi connectivity index (χ4n) is 2.98. The van der Waals surface area contributed by atoms with E-state index in [9.17, 15) is 9.18 Å². The van der Waals surface area contributed by atoms with E-state index in [0.29, 0.717) is 23.0 Å². The SMILES string of the molecule is Cc1cc(C(=O)N2C[C@H]3CNC[C@H]3C2)ccc1F.Cl. The second-order valence-electron chi connectivity index (χ2n) is 5.35. The zero-order valence-corrected chi connectivity index (χ0v) is 11.7. The summed E-state index contributed by atoms with van der Waals surface area (Å²) in [6.45, 7) is 5.36. The van der Waals surface area contributed by atoms with Gasteiger partial charge in [0.25, 0.3) is 5.91 Å². The van der Waals surface area contributed by atoms with Crippen molar-refractivity contribution < 1.29 is 9.18 Å². The monoisotopic (exact) mass is 284 g/mol. The molecule has 2 saturated heterocycles. The molecule has 0 spiro atoms. The van der Waals surface area contributed by atoms with Crippen LogP contribution in [-0.2, 0) is 0 Å². The molecule has 3 nitrogen and oxygen atoms in total. The Hall–Kier alpha value is -1.13. The zero-order chi connectivity index (χ0) is 12.7. The van der Waals surface area contributed by atoms with Crippen molar-refractivity contribution >= 4 is 18.3 Å². The normalized spacial score (nSPS) is 25.1. The van der Waals surface area contributed by atoms with Gasteiger partial charge in [0, 0.05) is 31.7 Å². The molecular weight excluding hydrogens is 267 g/mol. The third kappa shape index (κ3) is 2.60. The van der Waals surface area contributed by atoms with Crippen LogP contribution >= 0.6 is 12.4 Å². The number of amides is 1. The van der Waals surface area contributed by atoms with Crippen LogP contribution in [0.25, 0.3) is 0 Å². The van der Waals surface area contributed by atoms with Crippen LogP contribution < -0.4 is 5.32 Å². The Balaban J connectivity index is 0.00000133. The maximum absolute atomic E-state index is 13.2. The van der Waals surface area contributed by atoms with Gasteiger partial charge < -0.3 is 10.2 Å². The second kappa shape index (κ2) is 5.47. The van der Waals surface area contributed by atoms with E-state index >= 15 is 0 Å². The molecular formula is C14H18ClFN2O. The van der Waals surface area contributed by atoms with Crippen molar-refractivity contribution in [3.8, 4) is 0 Å². The topological polar surface area (TPSA) is 32.3 Å². The summed E-state index contributed by atoms with van der Waals surface area (Å²) in [7, 11) is 0. The fourth-order valence-corrected chi connectivity index (χ4v) is 2.98. The summed E-state index contributed by atoms with van der Waals surface area (Å²) in [6.07, 6.45) is 0. The maximum Gasteiger partial charge on any atom is 0.253 e. The molecule has 1 amide bonds. The summed E-state index contributed by atoms with van der Waals surface area (Å²) < 4.78 is 13.2. The summed E-state index contributed by atoms with van der Waals surface area (Å²) in [5, 5.41) is 3.35. The summed E-state index contributed by atoms with van der Waals surface area (Å²) in [5.41, 5.74) is 1.13. The number of fused-ring (bicyclic) bond motifs is 1. The lowest BCUT2D eigenvalue weighted by atomic mass is 10.0. The van der Waals surface area contributed by atoms with Crippen molar-refractivity contribution in [3.05, 3.63) is 35.1 Å². The van der Waals surface area contributed by atoms with Gasteiger partial charge in [-0.05, 0) is 42.5 Å². The highest BCUT2D eigenvalue weighted by Crippen LogP contribution is 2.27. The minimum absolute atomic E-state index is 0. The summed E-state index contributed by atoms with van der Waals surface area (Å²) in [5.74, 6) is 0.965. The molecule has 104 valence electrons. The van der Waals surface area contributed by atoms with Crippen molar-refractivity contribution in [2.75, 3.05) is 26.2 Å². The van der Waals surface area contributed by atoms with Crippen molar-refractivity contribution in [1.82, 2.24) is 10.2 Å². The first-order valence-electron chi connectivity index (χ1n) is 6.41. The van der Waals surface area contributed by atoms with E-state index in [1.54, 1.807) is 19.1 Å². The van der Waals surface area contributed by atoms with Crippen molar-refractivity contribution in [1.29, 1.82) is 0 Å². The van der Waals surface area contributed by atoms with E-state index in [1.807, 2.05) is 4.90 Å². The molecule has 2 atom stereocenters. The predicted octanol–water partition coefficient (Wildman–Crippen LogP) is 1.85. The number of aryl methyl sites for hydroxylation is 1. The van der Waals surface area contributed by atoms with Crippen LogP contribution in [0.4, 0.5) is 4.39 Å². The highest BCUT2D eigenvalue weighted by atomic mass is 35.5. The van der Waals surface area contributed by atoms with Gasteiger partial charge in [0.05, 0.1) is 0 Å². The molecule has 2 aliphatic rings. The van der Waals surface area contributed by atoms with Gasteiger partial charge in [-0.3, -0.25) is 4.79 Å². The summed E-state index contributed by atoms with van der Waals surface area (Å²) in [6, 6.07) is 4.60. The van der Waals surface area contributed by atoms with Gasteiger partial charge in [-0.15, -0.1) is 12.4 Å². The molecule has 0 saturated carbocycles. The molecule has 0 unspecified atom stereocenters. The molecule has 2 heterocycles. The second-order valence-corrected chi connectivity index (χ2v) is 5.35. The van der Waals surface area contributed by atoms with Crippen molar-refractivity contribution in [2.24, 2.45) is 11.8 Å². The van der Waals surface area contributed by atoms with Crippen LogP contribution in [0.15, 0.2) is 18.2 Å². The van der Waals surface area contributed by atoms with E-state index in [1.165, 1.54) is 6.07 Å². The van der Waals surface area contributed by atoms with Crippen molar-refractivity contribution in [2.45, 2.75) is 6.92 Å². The van der Waals surface area contributed by atoms with Gasteiger partial charge in [-0.2, -0.15) is 0 Å². The number of nitrogens with zero attached hydrogens (tertiary/aromatic N) is 1. The van der Waals surface area contributed by atoms with Crippen LogP contribution in [0.3, 0.4) is 0 Å². The predicted molar refractivity (Wildman–Crippen MR) is 74.1 cm³/mol. The van der Waals surface area contributed by atoms with E-state index in [-0.39, 0.29) is 24.1 Å². The van der Waals surface area contributed by atoms with Crippen LogP contribution in [0, 0.1) is 24.6 Å². The lowest BCUT2D eigenvalue weighted by Crippen LogP contribution is -2.31. The largest absolute Gasteiger partial charge is 0.338 e. The van der Waals surface area contributed by atoms with Crippen LogP contribution in [0.5, 0.6) is 0 Å². The van der Waals surface area contributed by atoms with E-state index in [0.717, 1.165) is 26.2 Å². The molecule has 2 aliphatic heterocycles. The van der Waals surface area contributed by atoms with Gasteiger partial charge in [0.1, 0.15) is 5.82 Å². The number of likely N-dealkylation sites (tertiary alicyclic amines) is 1. The lowest BCUT2D eigenvalue weighted by molar-refractivity contribution is 0.0781. The quantitative estimate of drug-likeness (QED) is 0.854. The average Bonchev–Trinajstić information content (AvgIpc) is 2.92. The molecule has 3 rings (SSSR count). The van der Waals surface area contributed by atoms with Gasteiger partial charge >= 0.3 is 0 Å². The maximum atomic E-state index is 13.2. The minimum atomic E-state index is -0.256. The van der Waals surface area contributed by atoms with E-state index in [2.05, 4.69) is 5.32 Å². The van der Waals surface area contributed by atoms with Crippen LogP contribution in [0.2, 0.25) is 0 Å². The van der Waals surface area contributed by atoms with Gasteiger partial charge in [0.15, 0.2) is 0 Å². The molecule has 5 heteroatoms. The molecule has 19 heavy (non-hydrogen) atoms. The van der Waals surface area contributed by atoms with Gasteiger partial charge in [0.2, 0.25) is 0 Å². The summed E-state index contributed by atoms with van der Waals surface area (Å²) >= 11 is 0. The van der Waals surface area contributed by atoms with E-state index < -0.39 is 0 Å². The first-order valence-corrected chi connectivity index (χ1v) is 6.41. The molecule has 1 aromatic carbocycles. The molecule has 0 aliphatic carbocycles. The Morgan fingerprint density at radius 3 is 2.53 bits per heavy atom. The van der Waals surface area contributed by atoms with Crippen molar-refractivity contribution in [3.63, 3.8) is 0 Å². The van der Waals surface area contributed by atoms with Gasteiger partial charge in [-0.1, -0.05) is 0 Å². The van der Waals surface area contributed by atoms with Crippen LogP contribution in [0.1, 0.15) is 15.9 Å². The summed E-state index contributed by atoms with van der Waals surface area (Å²) in [4.78, 5) is 14.2. The lowest BCUT2D eigenvalue weighted by Gasteiger charge is -2.17. The average molecular weight is 285 g/mol. The number of carbonyl (C=O) groups is 1. The van der Waals surface area contributed by atoms with Crippen LogP contribution in [-0.4, -0.2) is 37.0 Å². The number of hydrogen-bond acceptors (Lipinski definition) is 2. The third-order valence-corrected chi connectivity index (χ3v) is 4.08. The molecule has 0 bridgehead atoms. The Morgan fingerprint density at radius 1 is 1.32 bits per heavy atom. The number of hydrogen-bond donors (Lipinski definition) is 1. The number of carbonyl (C=O) groups excluding carboxylic acids is 1. The molecule has 0 radical (unpaired) electrons.